The summed E-state index contributed by atoms with van der Waals surface area (Å²) in [5.74, 6) is 0.938. The number of carbonyl (C=O) groups excluding carboxylic acids is 1. The highest BCUT2D eigenvalue weighted by atomic mass is 16.3. The number of aromatic nitrogens is 5. The number of H-pyrrole nitrogens is 1. The normalized spacial score (nSPS) is 13.7. The minimum absolute atomic E-state index is 0.0306. The van der Waals surface area contributed by atoms with Gasteiger partial charge in [0.25, 0.3) is 0 Å². The number of carbonyl (C=O) groups is 1. The van der Waals surface area contributed by atoms with E-state index < -0.39 is 0 Å². The molecule has 3 heterocycles. The number of nitrogens with zero attached hydrogens (tertiary/aromatic N) is 4. The molecule has 2 aromatic carbocycles. The van der Waals surface area contributed by atoms with Crippen molar-refractivity contribution in [2.24, 2.45) is 0 Å². The molecule has 0 spiro atoms. The fourth-order valence-corrected chi connectivity index (χ4v) is 3.75. The van der Waals surface area contributed by atoms with Gasteiger partial charge in [-0.2, -0.15) is 4.98 Å². The van der Waals surface area contributed by atoms with Crippen LogP contribution in [0.5, 0.6) is 0 Å². The Bertz CT molecular complexity index is 1260. The zero-order chi connectivity index (χ0) is 22.6. The van der Waals surface area contributed by atoms with Crippen molar-refractivity contribution in [3.05, 3.63) is 72.1 Å². The first kappa shape index (κ1) is 20.6. The van der Waals surface area contributed by atoms with E-state index in [1.54, 1.807) is 12.4 Å². The number of aliphatic hydroxyl groups excluding tert-OH is 1. The molecular formula is C23H22N8O2. The molecule has 0 bridgehead atoms. The highest BCUT2D eigenvalue weighted by Gasteiger charge is 2.18. The molecule has 5 N–H and O–H groups in total. The average molecular weight is 442 g/mol. The highest BCUT2D eigenvalue weighted by molar-refractivity contribution is 5.94. The first-order valence-electron chi connectivity index (χ1n) is 10.5. The second-order valence-electron chi connectivity index (χ2n) is 7.66. The lowest BCUT2D eigenvalue weighted by Crippen LogP contribution is -2.19. The summed E-state index contributed by atoms with van der Waals surface area (Å²) in [5, 5.41) is 29.9. The number of hydrogen-bond donors (Lipinski definition) is 5. The molecule has 0 saturated carbocycles. The molecule has 10 nitrogen and oxygen atoms in total. The zero-order valence-corrected chi connectivity index (χ0v) is 17.6. The summed E-state index contributed by atoms with van der Waals surface area (Å²) in [5.41, 5.74) is 4.96. The van der Waals surface area contributed by atoms with Crippen molar-refractivity contribution in [3.8, 4) is 11.3 Å². The molecule has 1 aliphatic rings. The van der Waals surface area contributed by atoms with E-state index >= 15 is 0 Å². The SMILES string of the molecule is O=C1CCc2cc(Nc3ncc(-c4cnn[nH]4)c(N[C@H](CO)c4ccccc4)n3)ccc2N1. The van der Waals surface area contributed by atoms with Gasteiger partial charge < -0.3 is 21.1 Å². The summed E-state index contributed by atoms with van der Waals surface area (Å²) >= 11 is 0. The number of nitrogens with one attached hydrogen (secondary N) is 4. The molecule has 0 radical (unpaired) electrons. The van der Waals surface area contributed by atoms with Gasteiger partial charge in [0.2, 0.25) is 11.9 Å². The Morgan fingerprint density at radius 3 is 2.76 bits per heavy atom. The van der Waals surface area contributed by atoms with Crippen LogP contribution in [0.25, 0.3) is 11.3 Å². The Labute approximate surface area is 189 Å². The predicted octanol–water partition coefficient (Wildman–Crippen LogP) is 3.04. The lowest BCUT2D eigenvalue weighted by atomic mass is 10.0. The van der Waals surface area contributed by atoms with Crippen LogP contribution in [-0.2, 0) is 11.2 Å². The van der Waals surface area contributed by atoms with E-state index in [0.717, 1.165) is 22.5 Å². The molecule has 1 amide bonds. The summed E-state index contributed by atoms with van der Waals surface area (Å²) in [6.07, 6.45) is 4.41. The van der Waals surface area contributed by atoms with Crippen LogP contribution in [0.1, 0.15) is 23.6 Å². The van der Waals surface area contributed by atoms with Crippen molar-refractivity contribution in [2.45, 2.75) is 18.9 Å². The molecular weight excluding hydrogens is 420 g/mol. The van der Waals surface area contributed by atoms with Crippen molar-refractivity contribution in [1.82, 2.24) is 25.4 Å². The number of anilines is 4. The van der Waals surface area contributed by atoms with Crippen molar-refractivity contribution in [1.29, 1.82) is 0 Å². The van der Waals surface area contributed by atoms with Gasteiger partial charge in [-0.3, -0.25) is 9.89 Å². The van der Waals surface area contributed by atoms with Gasteiger partial charge >= 0.3 is 0 Å². The second-order valence-corrected chi connectivity index (χ2v) is 7.66. The van der Waals surface area contributed by atoms with Crippen molar-refractivity contribution in [2.75, 3.05) is 22.6 Å². The first-order valence-corrected chi connectivity index (χ1v) is 10.5. The highest BCUT2D eigenvalue weighted by Crippen LogP contribution is 2.30. The topological polar surface area (TPSA) is 141 Å². The van der Waals surface area contributed by atoms with Crippen LogP contribution in [-0.4, -0.2) is 43.0 Å². The Kier molecular flexibility index (Phi) is 5.64. The lowest BCUT2D eigenvalue weighted by Gasteiger charge is -2.20. The molecule has 2 aromatic heterocycles. The number of hydrogen-bond acceptors (Lipinski definition) is 8. The first-order chi connectivity index (χ1) is 16.2. The second kappa shape index (κ2) is 9.05. The van der Waals surface area contributed by atoms with Gasteiger partial charge in [-0.25, -0.2) is 4.98 Å². The molecule has 10 heteroatoms. The minimum atomic E-state index is -0.365. The van der Waals surface area contributed by atoms with Gasteiger partial charge in [-0.05, 0) is 35.7 Å². The molecule has 5 rings (SSSR count). The largest absolute Gasteiger partial charge is 0.394 e. The summed E-state index contributed by atoms with van der Waals surface area (Å²) < 4.78 is 0. The van der Waals surface area contributed by atoms with Gasteiger partial charge in [0.05, 0.1) is 30.1 Å². The van der Waals surface area contributed by atoms with E-state index in [1.807, 2.05) is 48.5 Å². The van der Waals surface area contributed by atoms with Gasteiger partial charge in [0.15, 0.2) is 0 Å². The maximum Gasteiger partial charge on any atom is 0.229 e. The molecule has 33 heavy (non-hydrogen) atoms. The maximum absolute atomic E-state index is 11.6. The minimum Gasteiger partial charge on any atom is -0.394 e. The monoisotopic (exact) mass is 442 g/mol. The van der Waals surface area contributed by atoms with E-state index in [-0.39, 0.29) is 18.6 Å². The van der Waals surface area contributed by atoms with E-state index in [0.29, 0.717) is 35.9 Å². The summed E-state index contributed by atoms with van der Waals surface area (Å²) in [6.45, 7) is -0.117. The molecule has 1 aliphatic heterocycles. The Morgan fingerprint density at radius 2 is 1.97 bits per heavy atom. The van der Waals surface area contributed by atoms with E-state index in [1.165, 1.54) is 0 Å². The number of amides is 1. The Balaban J connectivity index is 1.45. The van der Waals surface area contributed by atoms with Crippen LogP contribution in [0.4, 0.5) is 23.1 Å². The molecule has 0 fully saturated rings. The van der Waals surface area contributed by atoms with E-state index in [9.17, 15) is 9.90 Å². The van der Waals surface area contributed by atoms with Gasteiger partial charge in [-0.15, -0.1) is 5.10 Å². The van der Waals surface area contributed by atoms with E-state index in [4.69, 9.17) is 0 Å². The third kappa shape index (κ3) is 4.51. The van der Waals surface area contributed by atoms with Crippen LogP contribution in [0.3, 0.4) is 0 Å². The molecule has 1 atom stereocenters. The van der Waals surface area contributed by atoms with Crippen LogP contribution < -0.4 is 16.0 Å². The van der Waals surface area contributed by atoms with E-state index in [2.05, 4.69) is 41.3 Å². The van der Waals surface area contributed by atoms with Crippen LogP contribution in [0.2, 0.25) is 0 Å². The molecule has 0 saturated heterocycles. The quantitative estimate of drug-likeness (QED) is 0.294. The molecule has 166 valence electrons. The fourth-order valence-electron chi connectivity index (χ4n) is 3.75. The molecule has 0 unspecified atom stereocenters. The number of aliphatic hydroxyl groups is 1. The maximum atomic E-state index is 11.6. The van der Waals surface area contributed by atoms with Crippen LogP contribution >= 0.6 is 0 Å². The molecule has 4 aromatic rings. The number of rotatable bonds is 7. The van der Waals surface area contributed by atoms with Gasteiger partial charge in [0.1, 0.15) is 5.82 Å². The molecule has 0 aliphatic carbocycles. The standard InChI is InChI=1S/C23H22N8O2/c32-13-20(14-4-2-1-3-5-14)28-22-17(19-12-25-31-30-19)11-24-23(29-22)26-16-7-8-18-15(10-16)6-9-21(33)27-18/h1-5,7-8,10-12,20,32H,6,9,13H2,(H,27,33)(H,25,30,31)(H2,24,26,28,29)/t20-/m1/s1. The van der Waals surface area contributed by atoms with Crippen molar-refractivity contribution >= 4 is 29.0 Å². The average Bonchev–Trinajstić information content (AvgIpc) is 3.38. The third-order valence-electron chi connectivity index (χ3n) is 5.45. The van der Waals surface area contributed by atoms with Crippen LogP contribution in [0, 0.1) is 0 Å². The Hall–Kier alpha value is -4.31. The summed E-state index contributed by atoms with van der Waals surface area (Å²) in [4.78, 5) is 20.7. The summed E-state index contributed by atoms with van der Waals surface area (Å²) in [7, 11) is 0. The lowest BCUT2D eigenvalue weighted by molar-refractivity contribution is -0.116. The van der Waals surface area contributed by atoms with Gasteiger partial charge in [0, 0.05) is 24.0 Å². The fraction of sp³-hybridized carbons (Fsp3) is 0.174. The van der Waals surface area contributed by atoms with Crippen molar-refractivity contribution < 1.29 is 9.90 Å². The Morgan fingerprint density at radius 1 is 1.09 bits per heavy atom. The van der Waals surface area contributed by atoms with Crippen LogP contribution in [0.15, 0.2) is 60.9 Å². The number of aromatic amines is 1. The number of benzene rings is 2. The van der Waals surface area contributed by atoms with Gasteiger partial charge in [-0.1, -0.05) is 35.5 Å². The van der Waals surface area contributed by atoms with Crippen molar-refractivity contribution in [3.63, 3.8) is 0 Å². The third-order valence-corrected chi connectivity index (χ3v) is 5.45. The number of fused-ring (bicyclic) bond motifs is 1. The summed E-state index contributed by atoms with van der Waals surface area (Å²) in [6, 6.07) is 15.0. The predicted molar refractivity (Wildman–Crippen MR) is 124 cm³/mol. The number of aryl methyl sites for hydroxylation is 1. The zero-order valence-electron chi connectivity index (χ0n) is 17.6. The smallest absolute Gasteiger partial charge is 0.229 e.